The number of hydrogen-bond acceptors (Lipinski definition) is 7. The van der Waals surface area contributed by atoms with Crippen molar-refractivity contribution in [2.75, 3.05) is 38.2 Å². The van der Waals surface area contributed by atoms with Crippen LogP contribution in [0.5, 0.6) is 0 Å². The number of amides is 2. The van der Waals surface area contributed by atoms with E-state index in [9.17, 15) is 9.18 Å². The number of aliphatic imine (C=N–C) groups is 1. The maximum Gasteiger partial charge on any atom is 0.321 e. The summed E-state index contributed by atoms with van der Waals surface area (Å²) in [4.78, 5) is 27.7. The lowest BCUT2D eigenvalue weighted by Gasteiger charge is -2.26. The summed E-state index contributed by atoms with van der Waals surface area (Å²) in [6.07, 6.45) is 3.40. The first kappa shape index (κ1) is 23.8. The molecule has 1 saturated heterocycles. The van der Waals surface area contributed by atoms with E-state index in [2.05, 4.69) is 35.8 Å². The number of nitrogens with one attached hydrogen (secondary N) is 3. The number of aromatic nitrogens is 2. The summed E-state index contributed by atoms with van der Waals surface area (Å²) in [7, 11) is 0. The summed E-state index contributed by atoms with van der Waals surface area (Å²) in [5, 5.41) is 8.52. The standard InChI is InChI=1S/C26H28FN7O2/c1-2-28-26(35)33-25-31-15-19-12-18(13-21(23(19)32-25)24-22(27)4-3-7-29-24)17-5-6-20(30-14-17)16-34-8-10-36-11-9-34/h3-7,12-14H,2,8-11,15-16H2,1H3,(H3,28,31,32,33,35). The van der Waals surface area contributed by atoms with E-state index in [1.165, 1.54) is 6.07 Å². The topological polar surface area (TPSA) is 104 Å². The van der Waals surface area contributed by atoms with Crippen molar-refractivity contribution in [3.05, 3.63) is 65.9 Å². The van der Waals surface area contributed by atoms with E-state index in [1.807, 2.05) is 37.4 Å². The maximum atomic E-state index is 14.8. The van der Waals surface area contributed by atoms with Crippen LogP contribution in [-0.4, -0.2) is 59.7 Å². The smallest absolute Gasteiger partial charge is 0.321 e. The van der Waals surface area contributed by atoms with E-state index in [1.54, 1.807) is 12.3 Å². The zero-order valence-corrected chi connectivity index (χ0v) is 20.1. The number of hydrogen-bond donors (Lipinski definition) is 3. The molecule has 0 atom stereocenters. The average molecular weight is 490 g/mol. The molecule has 5 rings (SSSR count). The molecule has 0 bridgehead atoms. The molecule has 0 spiro atoms. The molecule has 0 aliphatic carbocycles. The van der Waals surface area contributed by atoms with Crippen LogP contribution in [-0.2, 0) is 17.8 Å². The van der Waals surface area contributed by atoms with Crippen molar-refractivity contribution in [2.24, 2.45) is 4.99 Å². The Kier molecular flexibility index (Phi) is 7.15. The molecule has 3 aromatic rings. The highest BCUT2D eigenvalue weighted by molar-refractivity contribution is 6.07. The van der Waals surface area contributed by atoms with Gasteiger partial charge in [0.05, 0.1) is 31.1 Å². The number of ether oxygens (including phenoxy) is 1. The van der Waals surface area contributed by atoms with Gasteiger partial charge in [-0.1, -0.05) is 6.07 Å². The Labute approximate surface area is 208 Å². The van der Waals surface area contributed by atoms with E-state index >= 15 is 0 Å². The number of urea groups is 1. The van der Waals surface area contributed by atoms with Crippen LogP contribution in [0.1, 0.15) is 18.2 Å². The Morgan fingerprint density at radius 2 is 2.03 bits per heavy atom. The Hall–Kier alpha value is -3.89. The average Bonchev–Trinajstić information content (AvgIpc) is 2.90. The van der Waals surface area contributed by atoms with Crippen molar-refractivity contribution >= 4 is 17.7 Å². The highest BCUT2D eigenvalue weighted by atomic mass is 19.1. The molecule has 9 nitrogen and oxygen atoms in total. The second-order valence-electron chi connectivity index (χ2n) is 8.59. The minimum atomic E-state index is -0.432. The number of benzene rings is 1. The van der Waals surface area contributed by atoms with Crippen molar-refractivity contribution in [3.8, 4) is 22.4 Å². The van der Waals surface area contributed by atoms with Gasteiger partial charge < -0.3 is 15.4 Å². The van der Waals surface area contributed by atoms with Gasteiger partial charge in [0.15, 0.2) is 0 Å². The number of rotatable bonds is 5. The largest absolute Gasteiger partial charge is 0.379 e. The normalized spacial score (nSPS) is 15.4. The Morgan fingerprint density at radius 1 is 1.17 bits per heavy atom. The van der Waals surface area contributed by atoms with Crippen LogP contribution in [0.4, 0.5) is 14.9 Å². The summed E-state index contributed by atoms with van der Waals surface area (Å²) in [6, 6.07) is 10.5. The molecule has 4 heterocycles. The third-order valence-electron chi connectivity index (χ3n) is 6.10. The fourth-order valence-electron chi connectivity index (χ4n) is 4.29. The van der Waals surface area contributed by atoms with Crippen molar-refractivity contribution < 1.29 is 13.9 Å². The number of carbonyl (C=O) groups excluding carboxylic acids is 1. The summed E-state index contributed by atoms with van der Waals surface area (Å²) >= 11 is 0. The predicted octanol–water partition coefficient (Wildman–Crippen LogP) is 3.38. The summed E-state index contributed by atoms with van der Waals surface area (Å²) < 4.78 is 20.3. The first-order valence-electron chi connectivity index (χ1n) is 12.0. The maximum absolute atomic E-state index is 14.8. The molecule has 3 N–H and O–H groups in total. The summed E-state index contributed by atoms with van der Waals surface area (Å²) in [5.41, 5.74) is 5.12. The Morgan fingerprint density at radius 3 is 2.78 bits per heavy atom. The lowest BCUT2D eigenvalue weighted by atomic mass is 9.95. The second-order valence-corrected chi connectivity index (χ2v) is 8.59. The van der Waals surface area contributed by atoms with Gasteiger partial charge in [-0.2, -0.15) is 0 Å². The lowest BCUT2D eigenvalue weighted by molar-refractivity contribution is 0.0336. The molecule has 2 aromatic heterocycles. The molecule has 1 fully saturated rings. The fourth-order valence-corrected chi connectivity index (χ4v) is 4.29. The highest BCUT2D eigenvalue weighted by Gasteiger charge is 2.22. The van der Waals surface area contributed by atoms with Gasteiger partial charge in [-0.15, -0.1) is 0 Å². The fraction of sp³-hybridized carbons (Fsp3) is 0.308. The number of guanidine groups is 1. The molecule has 36 heavy (non-hydrogen) atoms. The molecule has 0 radical (unpaired) electrons. The second kappa shape index (κ2) is 10.8. The van der Waals surface area contributed by atoms with Crippen LogP contribution < -0.4 is 16.0 Å². The molecule has 2 aliphatic heterocycles. The number of pyridine rings is 2. The Balaban J connectivity index is 1.46. The molecule has 1 aromatic carbocycles. The Bertz CT molecular complexity index is 1270. The molecule has 10 heteroatoms. The summed E-state index contributed by atoms with van der Waals surface area (Å²) in [5.74, 6) is -0.133. The van der Waals surface area contributed by atoms with Crippen LogP contribution in [0.15, 0.2) is 53.8 Å². The van der Waals surface area contributed by atoms with Gasteiger partial charge in [-0.05, 0) is 48.4 Å². The van der Waals surface area contributed by atoms with Gasteiger partial charge in [0.25, 0.3) is 0 Å². The number of carbonyl (C=O) groups is 1. The quantitative estimate of drug-likeness (QED) is 0.508. The molecule has 2 amide bonds. The van der Waals surface area contributed by atoms with E-state index in [-0.39, 0.29) is 11.7 Å². The van der Waals surface area contributed by atoms with Crippen molar-refractivity contribution in [1.82, 2.24) is 25.5 Å². The van der Waals surface area contributed by atoms with Gasteiger partial charge in [0.2, 0.25) is 5.96 Å². The van der Waals surface area contributed by atoms with Crippen LogP contribution >= 0.6 is 0 Å². The number of anilines is 1. The first-order chi connectivity index (χ1) is 17.6. The lowest BCUT2D eigenvalue weighted by Crippen LogP contribution is -2.43. The molecular weight excluding hydrogens is 461 g/mol. The highest BCUT2D eigenvalue weighted by Crippen LogP contribution is 2.37. The van der Waals surface area contributed by atoms with Crippen molar-refractivity contribution in [3.63, 3.8) is 0 Å². The first-order valence-corrected chi connectivity index (χ1v) is 12.0. The molecule has 186 valence electrons. The van der Waals surface area contributed by atoms with Gasteiger partial charge in [-0.25, -0.2) is 14.2 Å². The number of fused-ring (bicyclic) bond motifs is 1. The van der Waals surface area contributed by atoms with E-state index < -0.39 is 5.82 Å². The van der Waals surface area contributed by atoms with Crippen LogP contribution in [0.3, 0.4) is 0 Å². The zero-order chi connectivity index (χ0) is 24.9. The SMILES string of the molecule is CCNC(=O)NC1=NCc2cc(-c3ccc(CN4CCOCC4)nc3)cc(-c3ncccc3F)c2N1. The van der Waals surface area contributed by atoms with E-state index in [0.29, 0.717) is 30.3 Å². The molecular formula is C26H28FN7O2. The summed E-state index contributed by atoms with van der Waals surface area (Å²) in [6.45, 7) is 6.71. The zero-order valence-electron chi connectivity index (χ0n) is 20.1. The van der Waals surface area contributed by atoms with Gasteiger partial charge >= 0.3 is 6.03 Å². The van der Waals surface area contributed by atoms with Gasteiger partial charge in [-0.3, -0.25) is 20.2 Å². The van der Waals surface area contributed by atoms with Gasteiger partial charge in [0.1, 0.15) is 11.5 Å². The van der Waals surface area contributed by atoms with E-state index in [0.717, 1.165) is 55.2 Å². The van der Waals surface area contributed by atoms with Crippen molar-refractivity contribution in [2.45, 2.75) is 20.0 Å². The van der Waals surface area contributed by atoms with Crippen molar-refractivity contribution in [1.29, 1.82) is 0 Å². The number of nitrogens with zero attached hydrogens (tertiary/aromatic N) is 4. The number of halogens is 1. The number of morpholine rings is 1. The third-order valence-corrected chi connectivity index (χ3v) is 6.10. The monoisotopic (exact) mass is 489 g/mol. The van der Waals surface area contributed by atoms with E-state index in [4.69, 9.17) is 4.74 Å². The molecule has 0 saturated carbocycles. The predicted molar refractivity (Wildman–Crippen MR) is 136 cm³/mol. The minimum absolute atomic E-state index is 0.222. The molecule has 0 unspecified atom stereocenters. The minimum Gasteiger partial charge on any atom is -0.379 e. The van der Waals surface area contributed by atoms with Gasteiger partial charge in [0, 0.05) is 49.7 Å². The van der Waals surface area contributed by atoms with Crippen LogP contribution in [0.2, 0.25) is 0 Å². The van der Waals surface area contributed by atoms with Crippen LogP contribution in [0, 0.1) is 5.82 Å². The van der Waals surface area contributed by atoms with Crippen LogP contribution in [0.25, 0.3) is 22.4 Å². The molecule has 2 aliphatic rings. The third kappa shape index (κ3) is 5.34.